The van der Waals surface area contributed by atoms with Crippen LogP contribution in [0.1, 0.15) is 43.9 Å². The van der Waals surface area contributed by atoms with Gasteiger partial charge in [-0.25, -0.2) is 4.68 Å². The summed E-state index contributed by atoms with van der Waals surface area (Å²) in [4.78, 5) is 17.5. The third-order valence-electron chi connectivity index (χ3n) is 5.80. The fourth-order valence-corrected chi connectivity index (χ4v) is 4.60. The van der Waals surface area contributed by atoms with Crippen molar-refractivity contribution in [1.82, 2.24) is 14.8 Å². The first-order chi connectivity index (χ1) is 14.9. The molecule has 0 radical (unpaired) electrons. The van der Waals surface area contributed by atoms with Crippen LogP contribution in [0.4, 0.5) is 5.95 Å². The predicted molar refractivity (Wildman–Crippen MR) is 119 cm³/mol. The molecule has 0 saturated heterocycles. The Balaban J connectivity index is 1.50. The summed E-state index contributed by atoms with van der Waals surface area (Å²) >= 11 is 6.25. The molecule has 2 aromatic carbocycles. The molecule has 7 heteroatoms. The van der Waals surface area contributed by atoms with Gasteiger partial charge in [-0.1, -0.05) is 55.8 Å². The molecule has 5 rings (SSSR count). The van der Waals surface area contributed by atoms with E-state index in [-0.39, 0.29) is 17.2 Å². The quantitative estimate of drug-likeness (QED) is 0.613. The Kier molecular flexibility index (Phi) is 4.82. The van der Waals surface area contributed by atoms with Gasteiger partial charge in [0.05, 0.1) is 0 Å². The summed E-state index contributed by atoms with van der Waals surface area (Å²) in [7, 11) is 0. The van der Waals surface area contributed by atoms with Crippen LogP contribution >= 0.6 is 11.6 Å². The smallest absolute Gasteiger partial charge is 0.226 e. The van der Waals surface area contributed by atoms with Gasteiger partial charge in [-0.2, -0.15) is 10.1 Å². The lowest BCUT2D eigenvalue weighted by molar-refractivity contribution is -0.118. The second-order valence-electron chi connectivity index (χ2n) is 8.84. The number of halogens is 1. The van der Waals surface area contributed by atoms with Gasteiger partial charge in [-0.3, -0.25) is 4.79 Å². The first kappa shape index (κ1) is 19.8. The molecule has 1 atom stereocenters. The minimum Gasteiger partial charge on any atom is -0.489 e. The van der Waals surface area contributed by atoms with Gasteiger partial charge in [0, 0.05) is 28.3 Å². The first-order valence-corrected chi connectivity index (χ1v) is 10.7. The van der Waals surface area contributed by atoms with E-state index in [9.17, 15) is 4.79 Å². The molecule has 1 aliphatic heterocycles. The molecule has 0 bridgehead atoms. The van der Waals surface area contributed by atoms with Crippen LogP contribution in [0.5, 0.6) is 5.75 Å². The van der Waals surface area contributed by atoms with Gasteiger partial charge in [0.25, 0.3) is 0 Å². The summed E-state index contributed by atoms with van der Waals surface area (Å²) in [6.45, 7) is 4.60. The van der Waals surface area contributed by atoms with E-state index in [0.717, 1.165) is 28.8 Å². The third kappa shape index (κ3) is 3.72. The van der Waals surface area contributed by atoms with E-state index in [1.807, 2.05) is 48.5 Å². The maximum atomic E-state index is 13.2. The number of benzene rings is 2. The fourth-order valence-electron chi connectivity index (χ4n) is 4.41. The van der Waals surface area contributed by atoms with E-state index in [1.54, 1.807) is 4.68 Å². The number of hydrogen-bond acceptors (Lipinski definition) is 5. The van der Waals surface area contributed by atoms with Crippen LogP contribution in [-0.4, -0.2) is 20.5 Å². The Hall–Kier alpha value is -3.12. The maximum Gasteiger partial charge on any atom is 0.226 e. The largest absolute Gasteiger partial charge is 0.489 e. The Labute approximate surface area is 185 Å². The van der Waals surface area contributed by atoms with E-state index in [2.05, 4.69) is 29.2 Å². The summed E-state index contributed by atoms with van der Waals surface area (Å²) in [5.74, 6) is 1.51. The molecule has 3 aromatic rings. The molecule has 1 aromatic heterocycles. The van der Waals surface area contributed by atoms with E-state index in [1.165, 1.54) is 6.33 Å². The van der Waals surface area contributed by atoms with Crippen molar-refractivity contribution in [3.05, 3.63) is 82.3 Å². The summed E-state index contributed by atoms with van der Waals surface area (Å²) in [5.41, 5.74) is 3.47. The average molecular weight is 435 g/mol. The number of fused-ring (bicyclic) bond motifs is 1. The normalized spacial score (nSPS) is 19.5. The van der Waals surface area contributed by atoms with Crippen molar-refractivity contribution in [3.8, 4) is 5.75 Å². The number of hydrogen-bond donors (Lipinski definition) is 1. The third-order valence-corrected chi connectivity index (χ3v) is 6.17. The average Bonchev–Trinajstić information content (AvgIpc) is 3.19. The van der Waals surface area contributed by atoms with Crippen molar-refractivity contribution in [2.24, 2.45) is 5.41 Å². The molecular formula is C24H23ClN4O2. The lowest BCUT2D eigenvalue weighted by atomic mass is 9.73. The summed E-state index contributed by atoms with van der Waals surface area (Å²) in [6.07, 6.45) is 2.82. The monoisotopic (exact) mass is 434 g/mol. The van der Waals surface area contributed by atoms with Gasteiger partial charge in [0.1, 0.15) is 24.7 Å². The van der Waals surface area contributed by atoms with Crippen molar-refractivity contribution in [2.45, 2.75) is 39.3 Å². The number of allylic oxidation sites excluding steroid dienone is 2. The molecule has 0 amide bonds. The standard InChI is InChI=1S/C24H23ClN4O2/c1-24(2)11-19-21(20(30)12-24)22(29-23(28-19)26-14-27-29)15-7-5-8-17(10-15)31-13-16-6-3-4-9-18(16)25/h3-10,14,22H,11-13H2,1-2H3,(H,26,27,28). The van der Waals surface area contributed by atoms with Gasteiger partial charge in [0.15, 0.2) is 5.78 Å². The Morgan fingerprint density at radius 3 is 2.87 bits per heavy atom. The van der Waals surface area contributed by atoms with Crippen LogP contribution < -0.4 is 10.1 Å². The van der Waals surface area contributed by atoms with Crippen molar-refractivity contribution in [3.63, 3.8) is 0 Å². The van der Waals surface area contributed by atoms with E-state index in [4.69, 9.17) is 16.3 Å². The number of nitrogens with zero attached hydrogens (tertiary/aromatic N) is 3. The fraction of sp³-hybridized carbons (Fsp3) is 0.292. The molecule has 0 saturated carbocycles. The van der Waals surface area contributed by atoms with Gasteiger partial charge in [-0.15, -0.1) is 0 Å². The molecule has 158 valence electrons. The number of rotatable bonds is 4. The molecule has 1 aliphatic carbocycles. The van der Waals surface area contributed by atoms with Gasteiger partial charge in [-0.05, 0) is 35.6 Å². The van der Waals surface area contributed by atoms with Crippen LogP contribution in [0.2, 0.25) is 5.02 Å². The highest BCUT2D eigenvalue weighted by molar-refractivity contribution is 6.31. The number of aromatic nitrogens is 3. The zero-order valence-corrected chi connectivity index (χ0v) is 18.2. The van der Waals surface area contributed by atoms with E-state index < -0.39 is 0 Å². The Morgan fingerprint density at radius 2 is 2.03 bits per heavy atom. The second-order valence-corrected chi connectivity index (χ2v) is 9.25. The van der Waals surface area contributed by atoms with Gasteiger partial charge in [0.2, 0.25) is 5.95 Å². The number of anilines is 1. The summed E-state index contributed by atoms with van der Waals surface area (Å²) in [6, 6.07) is 15.1. The summed E-state index contributed by atoms with van der Waals surface area (Å²) in [5, 5.41) is 8.42. The zero-order valence-electron chi connectivity index (χ0n) is 17.4. The van der Waals surface area contributed by atoms with Crippen LogP contribution in [0.15, 0.2) is 66.1 Å². The van der Waals surface area contributed by atoms with Gasteiger partial charge >= 0.3 is 0 Å². The number of nitrogens with one attached hydrogen (secondary N) is 1. The number of ether oxygens (including phenoxy) is 1. The van der Waals surface area contributed by atoms with Crippen LogP contribution in [0, 0.1) is 5.41 Å². The molecule has 1 unspecified atom stereocenters. The number of ketones is 1. The number of Topliss-reactive ketones (excluding diaryl/α,β-unsaturated/α-hetero) is 1. The van der Waals surface area contributed by atoms with Crippen molar-refractivity contribution in [1.29, 1.82) is 0 Å². The minimum absolute atomic E-state index is 0.0877. The minimum atomic E-state index is -0.332. The molecule has 1 N–H and O–H groups in total. The molecule has 0 fully saturated rings. The molecule has 2 heterocycles. The van der Waals surface area contributed by atoms with Gasteiger partial charge < -0.3 is 10.1 Å². The number of carbonyl (C=O) groups excluding carboxylic acids is 1. The SMILES string of the molecule is CC1(C)CC(=O)C2=C(C1)Nc1ncnn1C2c1cccc(OCc2ccccc2Cl)c1. The Bertz CT molecular complexity index is 1200. The summed E-state index contributed by atoms with van der Waals surface area (Å²) < 4.78 is 7.80. The highest BCUT2D eigenvalue weighted by Crippen LogP contribution is 2.45. The van der Waals surface area contributed by atoms with E-state index >= 15 is 0 Å². The lowest BCUT2D eigenvalue weighted by Gasteiger charge is -2.38. The predicted octanol–water partition coefficient (Wildman–Crippen LogP) is 5.17. The number of carbonyl (C=O) groups is 1. The molecule has 0 spiro atoms. The van der Waals surface area contributed by atoms with Crippen LogP contribution in [-0.2, 0) is 11.4 Å². The van der Waals surface area contributed by atoms with Crippen molar-refractivity contribution < 1.29 is 9.53 Å². The van der Waals surface area contributed by atoms with Crippen LogP contribution in [0.3, 0.4) is 0 Å². The highest BCUT2D eigenvalue weighted by atomic mass is 35.5. The molecule has 31 heavy (non-hydrogen) atoms. The topological polar surface area (TPSA) is 69.0 Å². The lowest BCUT2D eigenvalue weighted by Crippen LogP contribution is -2.36. The van der Waals surface area contributed by atoms with E-state index in [0.29, 0.717) is 29.7 Å². The highest BCUT2D eigenvalue weighted by Gasteiger charge is 2.41. The molecule has 6 nitrogen and oxygen atoms in total. The van der Waals surface area contributed by atoms with Crippen molar-refractivity contribution in [2.75, 3.05) is 5.32 Å². The first-order valence-electron chi connectivity index (χ1n) is 10.3. The van der Waals surface area contributed by atoms with Crippen molar-refractivity contribution >= 4 is 23.3 Å². The zero-order chi connectivity index (χ0) is 21.6. The Morgan fingerprint density at radius 1 is 1.19 bits per heavy atom. The molecule has 2 aliphatic rings. The maximum absolute atomic E-state index is 13.2. The second kappa shape index (κ2) is 7.54. The van der Waals surface area contributed by atoms with Crippen LogP contribution in [0.25, 0.3) is 0 Å². The molecular weight excluding hydrogens is 412 g/mol.